The molecule has 102 valence electrons. The van der Waals surface area contributed by atoms with Crippen molar-refractivity contribution in [3.63, 3.8) is 0 Å². The molecule has 0 radical (unpaired) electrons. The first-order valence-electron chi connectivity index (χ1n) is 6.80. The van der Waals surface area contributed by atoms with Gasteiger partial charge in [-0.05, 0) is 13.3 Å². The Morgan fingerprint density at radius 2 is 1.84 bits per heavy atom. The van der Waals surface area contributed by atoms with Gasteiger partial charge in [0, 0.05) is 29.2 Å². The zero-order valence-electron chi connectivity index (χ0n) is 11.6. The van der Waals surface area contributed by atoms with Crippen molar-refractivity contribution in [1.82, 2.24) is 10.2 Å². The third-order valence-electron chi connectivity index (χ3n) is 3.29. The van der Waals surface area contributed by atoms with Crippen molar-refractivity contribution in [2.45, 2.75) is 26.7 Å². The lowest BCUT2D eigenvalue weighted by Gasteiger charge is -2.23. The van der Waals surface area contributed by atoms with Crippen LogP contribution in [0.4, 0.5) is 5.82 Å². The lowest BCUT2D eigenvalue weighted by Crippen LogP contribution is -2.28. The van der Waals surface area contributed by atoms with E-state index in [0.29, 0.717) is 0 Å². The Bertz CT molecular complexity index is 542. The molecular weight excluding hydrogens is 302 g/mol. The van der Waals surface area contributed by atoms with Crippen molar-refractivity contribution < 1.29 is 0 Å². The number of hydrogen-bond donors (Lipinski definition) is 0. The number of hydrogen-bond acceptors (Lipinski definition) is 3. The zero-order chi connectivity index (χ0) is 13.7. The number of anilines is 1. The molecule has 1 aromatic carbocycles. The number of benzene rings is 1. The first kappa shape index (κ1) is 14.3. The quantitative estimate of drug-likeness (QED) is 0.754. The highest BCUT2D eigenvalue weighted by Crippen LogP contribution is 2.25. The van der Waals surface area contributed by atoms with Gasteiger partial charge in [0.25, 0.3) is 0 Å². The van der Waals surface area contributed by atoms with Crippen LogP contribution in [0.15, 0.2) is 24.3 Å². The molecule has 2 rings (SSSR count). The van der Waals surface area contributed by atoms with E-state index < -0.39 is 0 Å². The normalized spacial score (nSPS) is 10.9. The Labute approximate surface area is 123 Å². The Kier molecular flexibility index (Phi) is 5.14. The molecule has 0 amide bonds. The maximum Gasteiger partial charge on any atom is 0.159 e. The topological polar surface area (TPSA) is 29.0 Å². The minimum absolute atomic E-state index is 0.945. The van der Waals surface area contributed by atoms with Gasteiger partial charge in [-0.3, -0.25) is 0 Å². The van der Waals surface area contributed by atoms with Crippen LogP contribution in [0.25, 0.3) is 10.8 Å². The van der Waals surface area contributed by atoms with E-state index >= 15 is 0 Å². The summed E-state index contributed by atoms with van der Waals surface area (Å²) in [7, 11) is 0. The highest BCUT2D eigenvalue weighted by atomic mass is 79.9. The highest BCUT2D eigenvalue weighted by Gasteiger charge is 2.12. The van der Waals surface area contributed by atoms with Crippen LogP contribution in [-0.4, -0.2) is 28.6 Å². The van der Waals surface area contributed by atoms with E-state index in [-0.39, 0.29) is 0 Å². The first-order valence-corrected chi connectivity index (χ1v) is 7.93. The molecule has 0 saturated heterocycles. The molecule has 0 unspecified atom stereocenters. The van der Waals surface area contributed by atoms with Crippen LogP contribution < -0.4 is 4.90 Å². The van der Waals surface area contributed by atoms with Crippen molar-refractivity contribution in [3.8, 4) is 0 Å². The van der Waals surface area contributed by atoms with Gasteiger partial charge in [0.2, 0.25) is 0 Å². The second-order valence-corrected chi connectivity index (χ2v) is 5.48. The van der Waals surface area contributed by atoms with Gasteiger partial charge in [-0.2, -0.15) is 5.10 Å². The molecule has 0 bridgehead atoms. The molecule has 19 heavy (non-hydrogen) atoms. The van der Waals surface area contributed by atoms with Crippen LogP contribution >= 0.6 is 15.9 Å². The van der Waals surface area contributed by atoms with E-state index in [2.05, 4.69) is 62.2 Å². The average Bonchev–Trinajstić information content (AvgIpc) is 2.45. The molecule has 1 heterocycles. The molecule has 0 atom stereocenters. The van der Waals surface area contributed by atoms with Gasteiger partial charge < -0.3 is 4.90 Å². The minimum atomic E-state index is 0.945. The highest BCUT2D eigenvalue weighted by molar-refractivity contribution is 9.09. The van der Waals surface area contributed by atoms with Crippen molar-refractivity contribution >= 4 is 32.5 Å². The fourth-order valence-electron chi connectivity index (χ4n) is 2.23. The molecule has 0 spiro atoms. The summed E-state index contributed by atoms with van der Waals surface area (Å²) < 4.78 is 0. The summed E-state index contributed by atoms with van der Waals surface area (Å²) >= 11 is 3.53. The lowest BCUT2D eigenvalue weighted by atomic mass is 10.1. The number of aryl methyl sites for hydroxylation is 1. The van der Waals surface area contributed by atoms with E-state index in [1.54, 1.807) is 0 Å². The molecule has 0 fully saturated rings. The van der Waals surface area contributed by atoms with Crippen LogP contribution in [0.1, 0.15) is 25.5 Å². The molecule has 3 nitrogen and oxygen atoms in total. The second kappa shape index (κ2) is 6.85. The van der Waals surface area contributed by atoms with E-state index in [1.165, 1.54) is 23.6 Å². The number of unbranched alkanes of at least 4 members (excludes halogenated alkanes) is 1. The van der Waals surface area contributed by atoms with Gasteiger partial charge in [-0.25, -0.2) is 0 Å². The van der Waals surface area contributed by atoms with E-state index in [0.717, 1.165) is 29.9 Å². The number of aromatic nitrogens is 2. The van der Waals surface area contributed by atoms with E-state index in [9.17, 15) is 0 Å². The predicted octanol–water partition coefficient (Wildman–Crippen LogP) is 3.94. The largest absolute Gasteiger partial charge is 0.354 e. The molecule has 0 N–H and O–H groups in total. The second-order valence-electron chi connectivity index (χ2n) is 4.68. The average molecular weight is 322 g/mol. The fraction of sp³-hybridized carbons (Fsp3) is 0.467. The maximum atomic E-state index is 4.43. The first-order chi connectivity index (χ1) is 9.27. The SMILES string of the molecule is CCCCN(CCBr)c1nnc(C)c2ccccc12. The molecular formula is C15H20BrN3. The summed E-state index contributed by atoms with van der Waals surface area (Å²) in [6, 6.07) is 8.38. The van der Waals surface area contributed by atoms with Crippen molar-refractivity contribution in [2.75, 3.05) is 23.3 Å². The fourth-order valence-corrected chi connectivity index (χ4v) is 2.66. The summed E-state index contributed by atoms with van der Waals surface area (Å²) in [5.74, 6) is 1.01. The van der Waals surface area contributed by atoms with Crippen LogP contribution in [0.3, 0.4) is 0 Å². The summed E-state index contributed by atoms with van der Waals surface area (Å²) in [5.41, 5.74) is 0.994. The molecule has 0 aliphatic heterocycles. The monoisotopic (exact) mass is 321 g/mol. The summed E-state index contributed by atoms with van der Waals surface area (Å²) in [6.45, 7) is 6.22. The maximum absolute atomic E-state index is 4.43. The zero-order valence-corrected chi connectivity index (χ0v) is 13.2. The van der Waals surface area contributed by atoms with Crippen LogP contribution in [0, 0.1) is 6.92 Å². The van der Waals surface area contributed by atoms with Gasteiger partial charge >= 0.3 is 0 Å². The molecule has 0 aliphatic carbocycles. The third-order valence-corrected chi connectivity index (χ3v) is 3.64. The summed E-state index contributed by atoms with van der Waals surface area (Å²) in [5, 5.41) is 12.1. The molecule has 1 aromatic heterocycles. The van der Waals surface area contributed by atoms with Crippen LogP contribution in [0.5, 0.6) is 0 Å². The van der Waals surface area contributed by atoms with Gasteiger partial charge in [-0.1, -0.05) is 53.5 Å². The van der Waals surface area contributed by atoms with Crippen molar-refractivity contribution in [2.24, 2.45) is 0 Å². The lowest BCUT2D eigenvalue weighted by molar-refractivity contribution is 0.723. The van der Waals surface area contributed by atoms with Gasteiger partial charge in [0.15, 0.2) is 5.82 Å². The van der Waals surface area contributed by atoms with Gasteiger partial charge in [0.05, 0.1) is 5.69 Å². The van der Waals surface area contributed by atoms with E-state index in [4.69, 9.17) is 0 Å². The number of fused-ring (bicyclic) bond motifs is 1. The number of rotatable bonds is 6. The van der Waals surface area contributed by atoms with Gasteiger partial charge in [0.1, 0.15) is 0 Å². The summed E-state index contributed by atoms with van der Waals surface area (Å²) in [4.78, 5) is 2.33. The molecule has 4 heteroatoms. The smallest absolute Gasteiger partial charge is 0.159 e. The van der Waals surface area contributed by atoms with E-state index in [1.807, 2.05) is 6.92 Å². The number of halogens is 1. The Hall–Kier alpha value is -1.16. The van der Waals surface area contributed by atoms with Crippen molar-refractivity contribution in [1.29, 1.82) is 0 Å². The molecule has 2 aromatic rings. The predicted molar refractivity (Wildman–Crippen MR) is 85.2 cm³/mol. The standard InChI is InChI=1S/C15H20BrN3/c1-3-4-10-19(11-9-16)15-14-8-6-5-7-13(14)12(2)17-18-15/h5-8H,3-4,9-11H2,1-2H3. The molecule has 0 aliphatic rings. The Morgan fingerprint density at radius 1 is 1.11 bits per heavy atom. The molecule has 0 saturated carbocycles. The third kappa shape index (κ3) is 3.24. The van der Waals surface area contributed by atoms with Crippen molar-refractivity contribution in [3.05, 3.63) is 30.0 Å². The number of nitrogens with zero attached hydrogens (tertiary/aromatic N) is 3. The Balaban J connectivity index is 2.44. The Morgan fingerprint density at radius 3 is 2.53 bits per heavy atom. The van der Waals surface area contributed by atoms with Gasteiger partial charge in [-0.15, -0.1) is 5.10 Å². The van der Waals surface area contributed by atoms with Crippen LogP contribution in [-0.2, 0) is 0 Å². The minimum Gasteiger partial charge on any atom is -0.354 e. The summed E-state index contributed by atoms with van der Waals surface area (Å²) in [6.07, 6.45) is 2.37. The number of alkyl halides is 1. The van der Waals surface area contributed by atoms with Crippen LogP contribution in [0.2, 0.25) is 0 Å².